The van der Waals surface area contributed by atoms with E-state index in [9.17, 15) is 9.36 Å². The minimum Gasteiger partial charge on any atom is -0.463 e. The summed E-state index contributed by atoms with van der Waals surface area (Å²) in [6.07, 6.45) is 0. The second-order valence-corrected chi connectivity index (χ2v) is 7.01. The third-order valence-corrected chi connectivity index (χ3v) is 5.28. The zero-order chi connectivity index (χ0) is 18.4. The number of aromatic nitrogens is 3. The first-order valence-electron chi connectivity index (χ1n) is 7.43. The highest BCUT2D eigenvalue weighted by Crippen LogP contribution is 2.48. The van der Waals surface area contributed by atoms with Crippen molar-refractivity contribution in [3.05, 3.63) is 35.1 Å². The van der Waals surface area contributed by atoms with E-state index >= 15 is 0 Å². The van der Waals surface area contributed by atoms with Crippen molar-refractivity contribution in [2.24, 2.45) is 0 Å². The van der Waals surface area contributed by atoms with Gasteiger partial charge in [0.05, 0.1) is 20.3 Å². The molecule has 0 unspecified atom stereocenters. The van der Waals surface area contributed by atoms with Crippen molar-refractivity contribution in [1.82, 2.24) is 15.2 Å². The predicted octanol–water partition coefficient (Wildman–Crippen LogP) is 2.87. The van der Waals surface area contributed by atoms with Gasteiger partial charge in [-0.1, -0.05) is 23.7 Å². The Morgan fingerprint density at radius 2 is 1.72 bits per heavy atom. The number of hydrogen-bond acceptors (Lipinski definition) is 8. The highest BCUT2D eigenvalue weighted by atomic mass is 35.5. The van der Waals surface area contributed by atoms with E-state index in [0.717, 1.165) is 0 Å². The van der Waals surface area contributed by atoms with E-state index in [-0.39, 0.29) is 30.2 Å². The molecule has 0 spiro atoms. The van der Waals surface area contributed by atoms with Gasteiger partial charge in [-0.2, -0.15) is 0 Å². The molecule has 0 atom stereocenters. The molecule has 0 amide bonds. The van der Waals surface area contributed by atoms with Gasteiger partial charge in [-0.25, -0.2) is 9.78 Å². The highest BCUT2D eigenvalue weighted by molar-refractivity contribution is 7.62. The largest absolute Gasteiger partial charge is 0.463 e. The Hall–Kier alpha value is -1.86. The minimum atomic E-state index is -3.77. The molecule has 0 radical (unpaired) electrons. The van der Waals surface area contributed by atoms with Crippen LogP contribution in [0.4, 0.5) is 0 Å². The number of nitrogens with zero attached hydrogens (tertiary/aromatic N) is 3. The van der Waals surface area contributed by atoms with Crippen molar-refractivity contribution < 1.29 is 23.1 Å². The minimum absolute atomic E-state index is 0.0776. The van der Waals surface area contributed by atoms with Crippen LogP contribution >= 0.6 is 19.2 Å². The van der Waals surface area contributed by atoms with E-state index in [4.69, 9.17) is 20.6 Å². The van der Waals surface area contributed by atoms with Gasteiger partial charge in [-0.15, -0.1) is 10.2 Å². The average Bonchev–Trinajstić information content (AvgIpc) is 2.61. The molecule has 0 fully saturated rings. The third-order valence-electron chi connectivity index (χ3n) is 3.01. The molecule has 1 heterocycles. The summed E-state index contributed by atoms with van der Waals surface area (Å²) in [7, 11) is -2.57. The van der Waals surface area contributed by atoms with E-state index in [1.54, 1.807) is 38.1 Å². The highest BCUT2D eigenvalue weighted by Gasteiger charge is 2.34. The number of carbonyl (C=O) groups is 1. The maximum atomic E-state index is 13.1. The van der Waals surface area contributed by atoms with Crippen LogP contribution in [0.1, 0.15) is 24.5 Å². The van der Waals surface area contributed by atoms with Gasteiger partial charge in [0.15, 0.2) is 0 Å². The summed E-state index contributed by atoms with van der Waals surface area (Å²) in [6, 6.07) is 6.57. The number of ether oxygens (including phenoxy) is 1. The number of esters is 1. The van der Waals surface area contributed by atoms with Crippen molar-refractivity contribution in [2.45, 2.75) is 13.8 Å². The molecule has 0 aliphatic carbocycles. The summed E-state index contributed by atoms with van der Waals surface area (Å²) in [5, 5.41) is 8.10. The fourth-order valence-electron chi connectivity index (χ4n) is 1.98. The molecule has 1 aromatic heterocycles. The quantitative estimate of drug-likeness (QED) is 0.529. The van der Waals surface area contributed by atoms with Gasteiger partial charge >= 0.3 is 13.6 Å². The maximum Gasteiger partial charge on any atom is 0.383 e. The van der Waals surface area contributed by atoms with Crippen LogP contribution in [0.3, 0.4) is 0 Å². The van der Waals surface area contributed by atoms with Gasteiger partial charge in [0, 0.05) is 10.6 Å². The Labute approximate surface area is 150 Å². The number of methoxy groups -OCH3 is 1. The molecule has 8 nitrogen and oxygen atoms in total. The summed E-state index contributed by atoms with van der Waals surface area (Å²) in [5.74, 6) is -1.03. The van der Waals surface area contributed by atoms with Crippen LogP contribution < -0.4 is 5.44 Å². The molecule has 0 saturated carbocycles. The van der Waals surface area contributed by atoms with Gasteiger partial charge in [-0.3, -0.25) is 4.57 Å². The molecule has 2 rings (SSSR count). The predicted molar refractivity (Wildman–Crippen MR) is 92.1 cm³/mol. The second kappa shape index (κ2) is 8.49. The maximum absolute atomic E-state index is 13.1. The van der Waals surface area contributed by atoms with Gasteiger partial charge in [0.2, 0.25) is 5.44 Å². The van der Waals surface area contributed by atoms with E-state index in [1.807, 2.05) is 0 Å². The molecule has 10 heteroatoms. The van der Waals surface area contributed by atoms with Crippen LogP contribution in [0.5, 0.6) is 0 Å². The van der Waals surface area contributed by atoms with Gasteiger partial charge in [0.25, 0.3) is 5.82 Å². The van der Waals surface area contributed by atoms with Crippen molar-refractivity contribution >= 4 is 30.6 Å². The number of hydrogen-bond donors (Lipinski definition) is 0. The molecule has 2 aromatic rings. The van der Waals surface area contributed by atoms with Crippen LogP contribution in [-0.2, 0) is 18.3 Å². The lowest BCUT2D eigenvalue weighted by Gasteiger charge is -2.18. The standard InChI is InChI=1S/C15H17ClN3O5P/c1-4-23-25(21,24-5-2)14-12(10-6-8-11(16)9-7-10)17-13(18-19-14)15(20)22-3/h6-9H,4-5H2,1-3H3. The normalized spacial score (nSPS) is 11.4. The van der Waals surface area contributed by atoms with Gasteiger partial charge < -0.3 is 13.8 Å². The fraction of sp³-hybridized carbons (Fsp3) is 0.333. The van der Waals surface area contributed by atoms with Gasteiger partial charge in [-0.05, 0) is 26.0 Å². The molecule has 0 aliphatic rings. The van der Waals surface area contributed by atoms with Crippen molar-refractivity contribution in [2.75, 3.05) is 20.3 Å². The fourth-order valence-corrected chi connectivity index (χ4v) is 3.70. The molecule has 1 aromatic carbocycles. The molecule has 0 aliphatic heterocycles. The number of halogens is 1. The molecule has 134 valence electrons. The Balaban J connectivity index is 2.68. The topological polar surface area (TPSA) is 100 Å². The van der Waals surface area contributed by atoms with E-state index in [1.165, 1.54) is 7.11 Å². The number of benzene rings is 1. The van der Waals surface area contributed by atoms with Crippen molar-refractivity contribution in [1.29, 1.82) is 0 Å². The lowest BCUT2D eigenvalue weighted by molar-refractivity contribution is 0.0585. The zero-order valence-corrected chi connectivity index (χ0v) is 15.6. The SMILES string of the molecule is CCOP(=O)(OCC)c1nnc(C(=O)OC)nc1-c1ccc(Cl)cc1. The Morgan fingerprint density at radius 3 is 2.24 bits per heavy atom. The van der Waals surface area contributed by atoms with E-state index in [0.29, 0.717) is 10.6 Å². The molecule has 25 heavy (non-hydrogen) atoms. The molecule has 0 bridgehead atoms. The molecular weight excluding hydrogens is 369 g/mol. The average molecular weight is 386 g/mol. The first-order chi connectivity index (χ1) is 11.9. The van der Waals surface area contributed by atoms with E-state index < -0.39 is 13.6 Å². The lowest BCUT2D eigenvalue weighted by atomic mass is 10.2. The summed E-state index contributed by atoms with van der Waals surface area (Å²) in [4.78, 5) is 15.9. The summed E-state index contributed by atoms with van der Waals surface area (Å²) >= 11 is 5.91. The van der Waals surface area contributed by atoms with Crippen LogP contribution in [0.25, 0.3) is 11.3 Å². The first kappa shape index (κ1) is 19.5. The summed E-state index contributed by atoms with van der Waals surface area (Å²) in [6.45, 7) is 3.63. The Bertz CT molecular complexity index is 790. The van der Waals surface area contributed by atoms with Crippen LogP contribution in [-0.4, -0.2) is 41.5 Å². The number of rotatable bonds is 7. The monoisotopic (exact) mass is 385 g/mol. The third kappa shape index (κ3) is 4.41. The van der Waals surface area contributed by atoms with Crippen LogP contribution in [0.15, 0.2) is 24.3 Å². The Morgan fingerprint density at radius 1 is 1.12 bits per heavy atom. The molecule has 0 N–H and O–H groups in total. The molecule has 0 saturated heterocycles. The number of carbonyl (C=O) groups excluding carboxylic acids is 1. The lowest BCUT2D eigenvalue weighted by Crippen LogP contribution is -2.23. The summed E-state index contributed by atoms with van der Waals surface area (Å²) in [5.41, 5.74) is 0.600. The summed E-state index contributed by atoms with van der Waals surface area (Å²) < 4.78 is 28.3. The van der Waals surface area contributed by atoms with Crippen molar-refractivity contribution in [3.8, 4) is 11.3 Å². The Kier molecular flexibility index (Phi) is 6.61. The second-order valence-electron chi connectivity index (χ2n) is 4.64. The van der Waals surface area contributed by atoms with Crippen molar-refractivity contribution in [3.63, 3.8) is 0 Å². The van der Waals surface area contributed by atoms with Crippen LogP contribution in [0, 0.1) is 0 Å². The van der Waals surface area contributed by atoms with E-state index in [2.05, 4.69) is 19.9 Å². The molecular formula is C15H17ClN3O5P. The zero-order valence-electron chi connectivity index (χ0n) is 13.9. The smallest absolute Gasteiger partial charge is 0.383 e. The van der Waals surface area contributed by atoms with Crippen LogP contribution in [0.2, 0.25) is 5.02 Å². The first-order valence-corrected chi connectivity index (χ1v) is 9.35. The van der Waals surface area contributed by atoms with Gasteiger partial charge in [0.1, 0.15) is 5.69 Å².